The predicted molar refractivity (Wildman–Crippen MR) is 169 cm³/mol. The van der Waals surface area contributed by atoms with E-state index in [2.05, 4.69) is 48.1 Å². The molecule has 4 aliphatic carbocycles. The summed E-state index contributed by atoms with van der Waals surface area (Å²) in [5, 5.41) is 4.86. The van der Waals surface area contributed by atoms with E-state index in [1.165, 1.54) is 12.8 Å². The number of ether oxygens (including phenoxy) is 2. The van der Waals surface area contributed by atoms with Crippen molar-refractivity contribution < 1.29 is 33.9 Å². The van der Waals surface area contributed by atoms with Crippen molar-refractivity contribution in [3.63, 3.8) is 0 Å². The van der Waals surface area contributed by atoms with Crippen LogP contribution in [0.5, 0.6) is 0 Å². The molecule has 2 spiro atoms. The van der Waals surface area contributed by atoms with Crippen LogP contribution in [0, 0.1) is 47.3 Å². The molecule has 0 unspecified atom stereocenters. The number of nitrogens with zero attached hydrogens (tertiary/aromatic N) is 1. The van der Waals surface area contributed by atoms with Crippen molar-refractivity contribution in [2.75, 3.05) is 6.61 Å². The fraction of sp³-hybridized carbons (Fsp3) is 0.919. The first-order chi connectivity index (χ1) is 21.5. The van der Waals surface area contributed by atoms with Gasteiger partial charge in [-0.25, -0.2) is 19.6 Å². The minimum absolute atomic E-state index is 0.00538. The lowest BCUT2D eigenvalue weighted by Gasteiger charge is -2.62. The van der Waals surface area contributed by atoms with Crippen molar-refractivity contribution in [3.8, 4) is 0 Å². The highest BCUT2D eigenvalue weighted by atomic mass is 17.2. The summed E-state index contributed by atoms with van der Waals surface area (Å²) in [5.74, 6) is 3.34. The molecule has 10 aliphatic rings. The van der Waals surface area contributed by atoms with E-state index in [0.717, 1.165) is 57.1 Å². The quantitative estimate of drug-likeness (QED) is 0.100. The maximum absolute atomic E-state index is 7.27. The second-order valence-corrected chi connectivity index (χ2v) is 17.3. The highest BCUT2D eigenvalue weighted by molar-refractivity contribution is 5.89. The van der Waals surface area contributed by atoms with Crippen LogP contribution in [0.25, 0.3) is 0 Å². The molecule has 10 rings (SSSR count). The van der Waals surface area contributed by atoms with E-state index in [9.17, 15) is 0 Å². The molecule has 8 nitrogen and oxygen atoms in total. The van der Waals surface area contributed by atoms with E-state index in [-0.39, 0.29) is 47.1 Å². The summed E-state index contributed by atoms with van der Waals surface area (Å²) < 4.78 is 14.5. The minimum atomic E-state index is -0.391. The lowest BCUT2D eigenvalue weighted by Crippen LogP contribution is -2.71. The Morgan fingerprint density at radius 2 is 1.29 bits per heavy atom. The highest BCUT2D eigenvalue weighted by Gasteiger charge is 2.70. The average molecular weight is 628 g/mol. The third-order valence-corrected chi connectivity index (χ3v) is 14.6. The van der Waals surface area contributed by atoms with Gasteiger partial charge in [0.1, 0.15) is 35.1 Å². The van der Waals surface area contributed by atoms with E-state index in [0.29, 0.717) is 54.5 Å². The second kappa shape index (κ2) is 11.0. The number of hydrogen-bond acceptors (Lipinski definition) is 8. The SMILES string of the molecule is C=CCO/N=C(/C[C@H]1O[C@@H]2C[C@@]3(C)CC[C@H]4[C@H](C)CC[C@@H]([C@H]1C)[C@@]24OO3)[C@H]1O[C@@H]2C[C@@]3(C)CC[C@H]4[C@H](C)CC[C@@H]([C@H]1C)[C@@]24OO3. The summed E-state index contributed by atoms with van der Waals surface area (Å²) in [6.45, 7) is 18.2. The van der Waals surface area contributed by atoms with E-state index < -0.39 is 5.60 Å². The van der Waals surface area contributed by atoms with Gasteiger partial charge < -0.3 is 14.3 Å². The monoisotopic (exact) mass is 627 g/mol. The third-order valence-electron chi connectivity index (χ3n) is 14.6. The Hall–Kier alpha value is -1.03. The Balaban J connectivity index is 1.11. The smallest absolute Gasteiger partial charge is 0.136 e. The van der Waals surface area contributed by atoms with Gasteiger partial charge in [0.05, 0.1) is 24.0 Å². The van der Waals surface area contributed by atoms with Crippen LogP contribution in [0.15, 0.2) is 17.8 Å². The first-order valence-corrected chi connectivity index (χ1v) is 18.4. The Labute approximate surface area is 270 Å². The molecule has 8 heteroatoms. The van der Waals surface area contributed by atoms with Gasteiger partial charge >= 0.3 is 0 Å². The van der Waals surface area contributed by atoms with Crippen LogP contribution in [0.4, 0.5) is 0 Å². The normalized spacial score (nSPS) is 56.9. The Bertz CT molecular complexity index is 1200. The number of hydrogen-bond donors (Lipinski definition) is 0. The van der Waals surface area contributed by atoms with Gasteiger partial charge in [-0.15, -0.1) is 0 Å². The van der Waals surface area contributed by atoms with Crippen molar-refractivity contribution in [2.45, 2.75) is 159 Å². The maximum atomic E-state index is 7.27. The summed E-state index contributed by atoms with van der Waals surface area (Å²) in [4.78, 5) is 31.6. The molecule has 252 valence electrons. The molecule has 16 atom stereocenters. The van der Waals surface area contributed by atoms with Crippen molar-refractivity contribution in [1.82, 2.24) is 0 Å². The molecule has 0 amide bonds. The molecule has 6 aliphatic heterocycles. The highest BCUT2D eigenvalue weighted by Crippen LogP contribution is 2.63. The second-order valence-electron chi connectivity index (χ2n) is 17.3. The fourth-order valence-corrected chi connectivity index (χ4v) is 12.2. The Morgan fingerprint density at radius 1 is 0.733 bits per heavy atom. The van der Waals surface area contributed by atoms with E-state index in [4.69, 9.17) is 39.0 Å². The van der Waals surface area contributed by atoms with Crippen molar-refractivity contribution in [3.05, 3.63) is 12.7 Å². The van der Waals surface area contributed by atoms with Crippen LogP contribution in [-0.4, -0.2) is 59.1 Å². The first-order valence-electron chi connectivity index (χ1n) is 18.4. The number of oxime groups is 1. The van der Waals surface area contributed by atoms with Crippen LogP contribution < -0.4 is 0 Å². The van der Waals surface area contributed by atoms with Gasteiger partial charge in [0.25, 0.3) is 0 Å². The van der Waals surface area contributed by atoms with Crippen molar-refractivity contribution in [2.24, 2.45) is 52.5 Å². The predicted octanol–water partition coefficient (Wildman–Crippen LogP) is 7.35. The number of rotatable bonds is 6. The van der Waals surface area contributed by atoms with Gasteiger partial charge in [0.15, 0.2) is 0 Å². The van der Waals surface area contributed by atoms with E-state index in [1.807, 2.05) is 0 Å². The van der Waals surface area contributed by atoms with Crippen LogP contribution in [0.3, 0.4) is 0 Å². The minimum Gasteiger partial charge on any atom is -0.392 e. The molecular formula is C37H57NO7. The molecule has 4 bridgehead atoms. The van der Waals surface area contributed by atoms with Gasteiger partial charge in [-0.3, -0.25) is 0 Å². The summed E-state index contributed by atoms with van der Waals surface area (Å²) in [6, 6.07) is 0. The molecule has 0 radical (unpaired) electrons. The number of fused-ring (bicyclic) bond motifs is 4. The van der Waals surface area contributed by atoms with Crippen LogP contribution in [0.1, 0.15) is 112 Å². The maximum Gasteiger partial charge on any atom is 0.136 e. The standard InChI is InChI=1S/C37H57NO7/c1-8-17-39-38-29(33-24(5)28-12-10-22(3)26-14-16-35(7)20-32(41-33)37(26,28)45-43-35)18-30-23(4)27-11-9-21(2)25-13-15-34(6)19-31(40-30)36(25,27)44-42-34/h8,21-28,30-33H,1,9-20H2,2-7H3/b38-29-/t21-,22-,23-,24-,25+,26+,27+,28+,30-,31-,32-,33+,34-,35-,36-,37-/m1/s1. The van der Waals surface area contributed by atoms with E-state index in [1.54, 1.807) is 6.08 Å². The van der Waals surface area contributed by atoms with Gasteiger partial charge in [-0.05, 0) is 113 Å². The topological polar surface area (TPSA) is 77.0 Å². The van der Waals surface area contributed by atoms with Crippen LogP contribution in [-0.2, 0) is 33.9 Å². The molecule has 0 aromatic carbocycles. The Kier molecular flexibility index (Phi) is 7.64. The molecule has 10 fully saturated rings. The van der Waals surface area contributed by atoms with Crippen molar-refractivity contribution >= 4 is 5.71 Å². The average Bonchev–Trinajstić information content (AvgIpc) is 3.38. The summed E-state index contributed by atoms with van der Waals surface area (Å²) >= 11 is 0. The molecule has 0 N–H and O–H groups in total. The first kappa shape index (κ1) is 31.3. The van der Waals surface area contributed by atoms with Crippen LogP contribution >= 0.6 is 0 Å². The lowest BCUT2D eigenvalue weighted by atomic mass is 9.55. The summed E-state index contributed by atoms with van der Waals surface area (Å²) in [7, 11) is 0. The van der Waals surface area contributed by atoms with E-state index >= 15 is 0 Å². The molecule has 6 saturated heterocycles. The largest absolute Gasteiger partial charge is 0.392 e. The zero-order valence-corrected chi connectivity index (χ0v) is 28.5. The lowest BCUT2D eigenvalue weighted by molar-refractivity contribution is -0.487. The van der Waals surface area contributed by atoms with Crippen molar-refractivity contribution in [1.29, 1.82) is 0 Å². The molecule has 45 heavy (non-hydrogen) atoms. The molecular weight excluding hydrogens is 570 g/mol. The Morgan fingerprint density at radius 3 is 1.87 bits per heavy atom. The molecule has 0 aromatic rings. The zero-order chi connectivity index (χ0) is 31.4. The third kappa shape index (κ3) is 4.55. The summed E-state index contributed by atoms with van der Waals surface area (Å²) in [6.07, 6.45) is 13.1. The fourth-order valence-electron chi connectivity index (χ4n) is 12.2. The van der Waals surface area contributed by atoms with Gasteiger partial charge in [-0.2, -0.15) is 0 Å². The summed E-state index contributed by atoms with van der Waals surface area (Å²) in [5.41, 5.74) is -0.399. The van der Waals surface area contributed by atoms with Crippen LogP contribution in [0.2, 0.25) is 0 Å². The molecule has 6 heterocycles. The molecule has 0 aromatic heterocycles. The van der Waals surface area contributed by atoms with Gasteiger partial charge in [0, 0.05) is 19.3 Å². The molecule has 4 saturated carbocycles. The van der Waals surface area contributed by atoms with Gasteiger partial charge in [-0.1, -0.05) is 45.5 Å². The zero-order valence-electron chi connectivity index (χ0n) is 28.5. The van der Waals surface area contributed by atoms with Gasteiger partial charge in [0.2, 0.25) is 0 Å².